The summed E-state index contributed by atoms with van der Waals surface area (Å²) >= 11 is 0. The van der Waals surface area contributed by atoms with Crippen LogP contribution in [0.4, 0.5) is 0 Å². The first kappa shape index (κ1) is 15.9. The normalized spacial score (nSPS) is 18.7. The highest BCUT2D eigenvalue weighted by molar-refractivity contribution is 7.85. The largest absolute Gasteiger partial charge is 0.465 e. The molecule has 0 saturated heterocycles. The molecule has 0 saturated carbocycles. The quantitative estimate of drug-likeness (QED) is 0.520. The summed E-state index contributed by atoms with van der Waals surface area (Å²) in [6, 6.07) is 1.74. The van der Waals surface area contributed by atoms with Gasteiger partial charge in [0.05, 0.1) is 24.1 Å². The minimum atomic E-state index is -4.06. The van der Waals surface area contributed by atoms with Gasteiger partial charge in [-0.05, 0) is 37.8 Å². The van der Waals surface area contributed by atoms with Crippen LogP contribution in [-0.2, 0) is 21.3 Å². The summed E-state index contributed by atoms with van der Waals surface area (Å²) in [6.07, 6.45) is 3.18. The molecule has 1 aromatic heterocycles. The molecule has 1 heterocycles. The molecular formula is C14H19NO5S. The van der Waals surface area contributed by atoms with Crippen molar-refractivity contribution in [3.05, 3.63) is 28.6 Å². The second kappa shape index (κ2) is 6.11. The third-order valence-electron chi connectivity index (χ3n) is 3.78. The molecule has 1 atom stereocenters. The molecule has 116 valence electrons. The van der Waals surface area contributed by atoms with Crippen molar-refractivity contribution in [2.45, 2.75) is 38.5 Å². The molecule has 0 amide bonds. The fourth-order valence-corrected chi connectivity index (χ4v) is 3.63. The van der Waals surface area contributed by atoms with E-state index >= 15 is 0 Å². The molecule has 7 heteroatoms. The van der Waals surface area contributed by atoms with Crippen LogP contribution in [0.25, 0.3) is 0 Å². The lowest BCUT2D eigenvalue weighted by molar-refractivity contribution is 0.0599. The van der Waals surface area contributed by atoms with Gasteiger partial charge in [0.2, 0.25) is 0 Å². The molecule has 0 spiro atoms. The van der Waals surface area contributed by atoms with Crippen molar-refractivity contribution in [1.82, 2.24) is 4.98 Å². The molecule has 6 nitrogen and oxygen atoms in total. The zero-order chi connectivity index (χ0) is 15.6. The van der Waals surface area contributed by atoms with Crippen LogP contribution in [-0.4, -0.2) is 36.8 Å². The van der Waals surface area contributed by atoms with Crippen molar-refractivity contribution >= 4 is 16.1 Å². The van der Waals surface area contributed by atoms with Gasteiger partial charge in [0.25, 0.3) is 10.1 Å². The van der Waals surface area contributed by atoms with E-state index in [1.807, 2.05) is 0 Å². The second-order valence-electron chi connectivity index (χ2n) is 5.35. The van der Waals surface area contributed by atoms with Gasteiger partial charge in [-0.15, -0.1) is 0 Å². The van der Waals surface area contributed by atoms with Gasteiger partial charge < -0.3 is 4.74 Å². The van der Waals surface area contributed by atoms with Crippen LogP contribution in [0.2, 0.25) is 0 Å². The van der Waals surface area contributed by atoms with Gasteiger partial charge >= 0.3 is 5.97 Å². The Morgan fingerprint density at radius 2 is 2.19 bits per heavy atom. The van der Waals surface area contributed by atoms with E-state index in [2.05, 4.69) is 4.98 Å². The Morgan fingerprint density at radius 3 is 2.81 bits per heavy atom. The molecule has 0 aliphatic heterocycles. The summed E-state index contributed by atoms with van der Waals surface area (Å²) in [6.45, 7) is 1.70. The van der Waals surface area contributed by atoms with Crippen molar-refractivity contribution in [2.75, 3.05) is 12.9 Å². The number of hydrogen-bond donors (Lipinski definition) is 1. The minimum Gasteiger partial charge on any atom is -0.465 e. The van der Waals surface area contributed by atoms with E-state index < -0.39 is 16.1 Å². The monoisotopic (exact) mass is 313 g/mol. The van der Waals surface area contributed by atoms with E-state index in [9.17, 15) is 13.2 Å². The van der Waals surface area contributed by atoms with E-state index in [1.54, 1.807) is 13.0 Å². The van der Waals surface area contributed by atoms with Gasteiger partial charge in [0, 0.05) is 11.6 Å². The molecule has 1 aromatic rings. The van der Waals surface area contributed by atoms with E-state index in [1.165, 1.54) is 7.11 Å². The van der Waals surface area contributed by atoms with Crippen LogP contribution < -0.4 is 0 Å². The van der Waals surface area contributed by atoms with Crippen LogP contribution >= 0.6 is 0 Å². The van der Waals surface area contributed by atoms with Crippen molar-refractivity contribution < 1.29 is 22.5 Å². The second-order valence-corrected chi connectivity index (χ2v) is 6.85. The standard InChI is InChI=1S/C14H19NO5S/c1-9-12(14(16)20-2)7-10-5-3-4-6-11(13(10)15-9)8-21(17,18)19/h7,11H,3-6,8H2,1-2H3,(H,17,18,19). The fourth-order valence-electron chi connectivity index (χ4n) is 2.80. The Hall–Kier alpha value is -1.47. The molecule has 1 unspecified atom stereocenters. The molecule has 21 heavy (non-hydrogen) atoms. The number of aryl methyl sites for hydroxylation is 2. The maximum Gasteiger partial charge on any atom is 0.339 e. The molecule has 0 bridgehead atoms. The van der Waals surface area contributed by atoms with Gasteiger partial charge in [0.1, 0.15) is 0 Å². The van der Waals surface area contributed by atoms with Crippen LogP contribution in [0.15, 0.2) is 6.07 Å². The van der Waals surface area contributed by atoms with E-state index in [4.69, 9.17) is 9.29 Å². The molecule has 0 fully saturated rings. The topological polar surface area (TPSA) is 93.6 Å². The van der Waals surface area contributed by atoms with Gasteiger partial charge in [-0.3, -0.25) is 9.54 Å². The Balaban J connectivity index is 2.47. The lowest BCUT2D eigenvalue weighted by Crippen LogP contribution is -2.17. The van der Waals surface area contributed by atoms with Gasteiger partial charge in [0.15, 0.2) is 0 Å². The van der Waals surface area contributed by atoms with Crippen LogP contribution in [0.3, 0.4) is 0 Å². The Labute approximate surface area is 124 Å². The smallest absolute Gasteiger partial charge is 0.339 e. The molecule has 1 N–H and O–H groups in total. The first-order valence-corrected chi connectivity index (χ1v) is 8.46. The van der Waals surface area contributed by atoms with Crippen LogP contribution in [0, 0.1) is 6.92 Å². The Morgan fingerprint density at radius 1 is 1.48 bits per heavy atom. The third-order valence-corrected chi connectivity index (χ3v) is 4.60. The average Bonchev–Trinajstić information content (AvgIpc) is 2.58. The number of pyridine rings is 1. The number of rotatable bonds is 3. The highest BCUT2D eigenvalue weighted by Crippen LogP contribution is 2.31. The SMILES string of the molecule is COC(=O)c1cc2c(nc1C)C(CS(=O)(=O)O)CCCC2. The van der Waals surface area contributed by atoms with E-state index in [-0.39, 0.29) is 11.7 Å². The summed E-state index contributed by atoms with van der Waals surface area (Å²) in [5.41, 5.74) is 2.47. The maximum absolute atomic E-state index is 11.7. The molecule has 0 radical (unpaired) electrons. The number of esters is 1. The third kappa shape index (κ3) is 3.79. The first-order chi connectivity index (χ1) is 9.81. The summed E-state index contributed by atoms with van der Waals surface area (Å²) < 4.78 is 36.2. The molecular weight excluding hydrogens is 294 g/mol. The Kier molecular flexibility index (Phi) is 4.63. The minimum absolute atomic E-state index is 0.329. The number of carbonyl (C=O) groups is 1. The fraction of sp³-hybridized carbons (Fsp3) is 0.571. The van der Waals surface area contributed by atoms with E-state index in [0.29, 0.717) is 23.4 Å². The molecule has 1 aliphatic carbocycles. The average molecular weight is 313 g/mol. The number of aromatic nitrogens is 1. The predicted molar refractivity (Wildman–Crippen MR) is 77.0 cm³/mol. The molecule has 2 rings (SSSR count). The van der Waals surface area contributed by atoms with Crippen LogP contribution in [0.5, 0.6) is 0 Å². The number of fused-ring (bicyclic) bond motifs is 1. The highest BCUT2D eigenvalue weighted by Gasteiger charge is 2.26. The number of nitrogens with zero attached hydrogens (tertiary/aromatic N) is 1. The summed E-state index contributed by atoms with van der Waals surface area (Å²) in [5.74, 6) is -1.11. The summed E-state index contributed by atoms with van der Waals surface area (Å²) in [4.78, 5) is 16.2. The van der Waals surface area contributed by atoms with E-state index in [0.717, 1.165) is 24.8 Å². The van der Waals surface area contributed by atoms with Gasteiger partial charge in [-0.2, -0.15) is 8.42 Å². The number of ether oxygens (including phenoxy) is 1. The summed E-state index contributed by atoms with van der Waals surface area (Å²) in [5, 5.41) is 0. The van der Waals surface area contributed by atoms with Crippen molar-refractivity contribution in [3.63, 3.8) is 0 Å². The molecule has 0 aromatic carbocycles. The first-order valence-electron chi connectivity index (χ1n) is 6.85. The Bertz CT molecular complexity index is 654. The number of carbonyl (C=O) groups excluding carboxylic acids is 1. The zero-order valence-electron chi connectivity index (χ0n) is 12.1. The zero-order valence-corrected chi connectivity index (χ0v) is 12.9. The molecule has 1 aliphatic rings. The highest BCUT2D eigenvalue weighted by atomic mass is 32.2. The maximum atomic E-state index is 11.7. The van der Waals surface area contributed by atoms with Crippen LogP contribution in [0.1, 0.15) is 52.5 Å². The lowest BCUT2D eigenvalue weighted by Gasteiger charge is -2.17. The number of methoxy groups -OCH3 is 1. The van der Waals surface area contributed by atoms with Crippen molar-refractivity contribution in [2.24, 2.45) is 0 Å². The predicted octanol–water partition coefficient (Wildman–Crippen LogP) is 1.87. The van der Waals surface area contributed by atoms with Gasteiger partial charge in [-0.25, -0.2) is 4.79 Å². The van der Waals surface area contributed by atoms with Crippen molar-refractivity contribution in [1.29, 1.82) is 0 Å². The summed E-state index contributed by atoms with van der Waals surface area (Å²) in [7, 11) is -2.74. The van der Waals surface area contributed by atoms with Gasteiger partial charge in [-0.1, -0.05) is 6.42 Å². The number of hydrogen-bond acceptors (Lipinski definition) is 5. The van der Waals surface area contributed by atoms with Crippen molar-refractivity contribution in [3.8, 4) is 0 Å². The lowest BCUT2D eigenvalue weighted by atomic mass is 9.98.